The Hall–Kier alpha value is -3.65. The molecule has 17 nitrogen and oxygen atoms in total. The minimum Gasteiger partial charge on any atom is -0.478 e. The number of quaternary nitrogens is 1. The SMILES string of the molecule is C=C[C@H]1[C@H](O[C@@H]2O[C@H](CO)[C@@H](O)C(O)(O)[C@H]2O)OC=C(C(=O)OC)[C@H]1/C=C/C1=C[NH+](CCO)CC(C(=O)O)=C1NC(N)=NC. The van der Waals surface area contributed by atoms with Crippen LogP contribution >= 0.6 is 0 Å². The van der Waals surface area contributed by atoms with E-state index in [0.717, 1.165) is 13.4 Å². The standard InChI is InChI=1S/C27H38N4O13/c1-4-14-15(6-5-13-9-31(7-8-32)10-16(22(36)37)19(13)30-26(28)29-2)17(23(38)41-3)12-42-24(14)44-25-21(35)27(39,40)20(34)18(11-33)43-25/h4-6,9,12,14-15,18,20-21,24-25,32-35,39-40H,1,7-8,10-11H2,2-3H3,(H,36,37)(H3,28,29,30)/p+1/b6-5+/t14-,15+,18-,20-,21+,24+,25+/m1/s1. The van der Waals surface area contributed by atoms with E-state index in [9.17, 15) is 45.3 Å². The monoisotopic (exact) mass is 627 g/mol. The number of nitrogens with two attached hydrogens (primary N) is 1. The fourth-order valence-electron chi connectivity index (χ4n) is 4.94. The third-order valence-electron chi connectivity index (χ3n) is 7.37. The number of esters is 1. The van der Waals surface area contributed by atoms with Crippen molar-refractivity contribution in [3.8, 4) is 0 Å². The fraction of sp³-hybridized carbons (Fsp3) is 0.519. The van der Waals surface area contributed by atoms with Crippen LogP contribution in [0.4, 0.5) is 0 Å². The van der Waals surface area contributed by atoms with E-state index in [2.05, 4.69) is 16.9 Å². The van der Waals surface area contributed by atoms with E-state index >= 15 is 0 Å². The largest absolute Gasteiger partial charge is 0.478 e. The molecule has 44 heavy (non-hydrogen) atoms. The smallest absolute Gasteiger partial charge is 0.339 e. The summed E-state index contributed by atoms with van der Waals surface area (Å²) >= 11 is 0. The summed E-state index contributed by atoms with van der Waals surface area (Å²) in [6, 6.07) is 0. The van der Waals surface area contributed by atoms with Crippen molar-refractivity contribution in [3.63, 3.8) is 0 Å². The quantitative estimate of drug-likeness (QED) is 0.0338. The van der Waals surface area contributed by atoms with Crippen molar-refractivity contribution < 1.29 is 69.2 Å². The molecular weight excluding hydrogens is 588 g/mol. The summed E-state index contributed by atoms with van der Waals surface area (Å²) in [7, 11) is 2.56. The zero-order valence-corrected chi connectivity index (χ0v) is 24.1. The number of rotatable bonds is 11. The molecule has 1 unspecified atom stereocenters. The van der Waals surface area contributed by atoms with Crippen molar-refractivity contribution in [3.05, 3.63) is 59.7 Å². The molecule has 0 aliphatic carbocycles. The number of allylic oxidation sites excluding steroid dienone is 2. The highest BCUT2D eigenvalue weighted by Gasteiger charge is 2.56. The second kappa shape index (κ2) is 14.9. The van der Waals surface area contributed by atoms with Gasteiger partial charge in [0.2, 0.25) is 12.1 Å². The Balaban J connectivity index is 2.03. The number of nitrogens with one attached hydrogen (secondary N) is 2. The minimum absolute atomic E-state index is 0.00323. The number of carboxylic acids is 1. The maximum absolute atomic E-state index is 12.7. The number of aliphatic hydroxyl groups is 6. The van der Waals surface area contributed by atoms with Crippen LogP contribution in [0.25, 0.3) is 0 Å². The highest BCUT2D eigenvalue weighted by Crippen LogP contribution is 2.37. The third-order valence-corrected chi connectivity index (χ3v) is 7.37. The number of nitrogens with zero attached hydrogens (tertiary/aromatic N) is 1. The second-order valence-electron chi connectivity index (χ2n) is 10.1. The molecule has 0 aromatic carbocycles. The summed E-state index contributed by atoms with van der Waals surface area (Å²) in [6.45, 7) is 2.93. The van der Waals surface area contributed by atoms with Crippen LogP contribution in [0.2, 0.25) is 0 Å². The Kier molecular flexibility index (Phi) is 11.8. The molecule has 1 fully saturated rings. The zero-order chi connectivity index (χ0) is 32.8. The Morgan fingerprint density at radius 3 is 2.55 bits per heavy atom. The summed E-state index contributed by atoms with van der Waals surface area (Å²) < 4.78 is 21.6. The Morgan fingerprint density at radius 1 is 1.27 bits per heavy atom. The van der Waals surface area contributed by atoms with Gasteiger partial charge in [0.1, 0.15) is 37.1 Å². The summed E-state index contributed by atoms with van der Waals surface area (Å²) in [5.74, 6) is -7.03. The lowest BCUT2D eigenvalue weighted by Gasteiger charge is -2.46. The van der Waals surface area contributed by atoms with Crippen molar-refractivity contribution in [2.24, 2.45) is 22.6 Å². The molecule has 3 aliphatic rings. The number of ether oxygens (including phenoxy) is 4. The van der Waals surface area contributed by atoms with Crippen molar-refractivity contribution in [2.75, 3.05) is 40.5 Å². The predicted molar refractivity (Wildman–Crippen MR) is 149 cm³/mol. The summed E-state index contributed by atoms with van der Waals surface area (Å²) in [5.41, 5.74) is 6.27. The number of hydrogen-bond donors (Lipinski definition) is 10. The highest BCUT2D eigenvalue weighted by atomic mass is 16.8. The van der Waals surface area contributed by atoms with Crippen LogP contribution in [0.15, 0.2) is 64.7 Å². The molecule has 11 N–H and O–H groups in total. The average Bonchev–Trinajstić information content (AvgIpc) is 3.00. The molecule has 0 amide bonds. The van der Waals surface area contributed by atoms with Gasteiger partial charge in [-0.2, -0.15) is 0 Å². The minimum atomic E-state index is -3.11. The van der Waals surface area contributed by atoms with Gasteiger partial charge in [0, 0.05) is 13.0 Å². The van der Waals surface area contributed by atoms with E-state index in [1.807, 2.05) is 0 Å². The van der Waals surface area contributed by atoms with E-state index in [0.29, 0.717) is 10.5 Å². The lowest BCUT2D eigenvalue weighted by molar-refractivity contribution is -0.843. The molecule has 0 radical (unpaired) electrons. The van der Waals surface area contributed by atoms with E-state index in [-0.39, 0.29) is 42.5 Å². The maximum Gasteiger partial charge on any atom is 0.339 e. The van der Waals surface area contributed by atoms with Crippen LogP contribution < -0.4 is 16.0 Å². The number of aliphatic carboxylic acids is 1. The molecule has 3 heterocycles. The first kappa shape index (κ1) is 34.8. The van der Waals surface area contributed by atoms with Gasteiger partial charge in [-0.15, -0.1) is 6.58 Å². The highest BCUT2D eigenvalue weighted by molar-refractivity contribution is 5.92. The van der Waals surface area contributed by atoms with Crippen molar-refractivity contribution in [1.29, 1.82) is 0 Å². The van der Waals surface area contributed by atoms with Gasteiger partial charge >= 0.3 is 11.9 Å². The lowest BCUT2D eigenvalue weighted by atomic mass is 9.83. The topological polar surface area (TPSA) is 268 Å². The number of aliphatic imine (C=N–C) groups is 1. The Morgan fingerprint density at radius 2 is 1.98 bits per heavy atom. The summed E-state index contributed by atoms with van der Waals surface area (Å²) in [5, 5.41) is 72.7. The molecule has 0 spiro atoms. The fourth-order valence-corrected chi connectivity index (χ4v) is 4.94. The maximum atomic E-state index is 12.7. The second-order valence-corrected chi connectivity index (χ2v) is 10.1. The molecule has 8 atom stereocenters. The first-order valence-electron chi connectivity index (χ1n) is 13.4. The van der Waals surface area contributed by atoms with Crippen LogP contribution in [-0.4, -0.2) is 131 Å². The predicted octanol–water partition coefficient (Wildman–Crippen LogP) is -4.84. The van der Waals surface area contributed by atoms with Gasteiger partial charge in [-0.05, 0) is 0 Å². The molecule has 17 heteroatoms. The van der Waals surface area contributed by atoms with Crippen LogP contribution in [0.1, 0.15) is 0 Å². The van der Waals surface area contributed by atoms with Gasteiger partial charge in [0.05, 0.1) is 49.3 Å². The Bertz CT molecular complexity index is 1240. The van der Waals surface area contributed by atoms with Crippen molar-refractivity contribution in [2.45, 2.75) is 36.7 Å². The molecule has 0 bridgehead atoms. The Labute approximate surface area is 252 Å². The van der Waals surface area contributed by atoms with Gasteiger partial charge in [-0.25, -0.2) is 9.59 Å². The molecule has 3 rings (SSSR count). The molecular formula is C27H39N4O13+. The first-order valence-corrected chi connectivity index (χ1v) is 13.4. The molecule has 0 saturated carbocycles. The van der Waals surface area contributed by atoms with Gasteiger partial charge < -0.3 is 70.6 Å². The number of carbonyl (C=O) groups is 2. The molecule has 244 valence electrons. The van der Waals surface area contributed by atoms with Gasteiger partial charge in [0.15, 0.2) is 18.4 Å². The van der Waals surface area contributed by atoms with Crippen molar-refractivity contribution in [1.82, 2.24) is 5.32 Å². The summed E-state index contributed by atoms with van der Waals surface area (Å²) in [4.78, 5) is 29.3. The molecule has 3 aliphatic heterocycles. The molecule has 0 aromatic rings. The number of carboxylic acid groups (broad SMARTS) is 1. The number of methoxy groups -OCH3 is 1. The number of guanidine groups is 1. The summed E-state index contributed by atoms with van der Waals surface area (Å²) in [6.07, 6.45) is -1.88. The van der Waals surface area contributed by atoms with Crippen LogP contribution in [0, 0.1) is 11.8 Å². The molecule has 0 aromatic heterocycles. The zero-order valence-electron chi connectivity index (χ0n) is 24.1. The van der Waals surface area contributed by atoms with Crippen LogP contribution in [0.3, 0.4) is 0 Å². The van der Waals surface area contributed by atoms with Crippen LogP contribution in [-0.2, 0) is 28.5 Å². The normalized spacial score (nSPS) is 32.4. The molecule has 1 saturated heterocycles. The third kappa shape index (κ3) is 7.34. The van der Waals surface area contributed by atoms with Crippen molar-refractivity contribution >= 4 is 17.9 Å². The van der Waals surface area contributed by atoms with Gasteiger partial charge in [0.25, 0.3) is 0 Å². The van der Waals surface area contributed by atoms with Gasteiger partial charge in [-0.1, -0.05) is 18.2 Å². The number of aliphatic hydroxyl groups excluding tert-OH is 4. The number of hydrogen-bond acceptors (Lipinski definition) is 13. The lowest BCUT2D eigenvalue weighted by Crippen LogP contribution is -3.09. The van der Waals surface area contributed by atoms with Crippen LogP contribution in [0.5, 0.6) is 0 Å². The average molecular weight is 628 g/mol. The van der Waals surface area contributed by atoms with E-state index < -0.39 is 67.1 Å². The van der Waals surface area contributed by atoms with E-state index in [1.54, 1.807) is 6.20 Å². The number of carbonyl (C=O) groups excluding carboxylic acids is 1. The first-order chi connectivity index (χ1) is 20.8. The van der Waals surface area contributed by atoms with E-state index in [1.165, 1.54) is 25.3 Å². The van der Waals surface area contributed by atoms with E-state index in [4.69, 9.17) is 24.7 Å². The van der Waals surface area contributed by atoms with Gasteiger partial charge in [-0.3, -0.25) is 4.99 Å².